The molecular formula is C15H26O5. The fraction of sp³-hybridized carbons (Fsp3) is 0.800. The first kappa shape index (κ1) is 18.6. The van der Waals surface area contributed by atoms with E-state index in [1.807, 2.05) is 0 Å². The van der Waals surface area contributed by atoms with E-state index in [1.54, 1.807) is 6.92 Å². The third-order valence-electron chi connectivity index (χ3n) is 2.99. The van der Waals surface area contributed by atoms with Gasteiger partial charge in [-0.1, -0.05) is 34.6 Å². The number of rotatable bonds is 8. The summed E-state index contributed by atoms with van der Waals surface area (Å²) in [5.74, 6) is -2.86. The van der Waals surface area contributed by atoms with Gasteiger partial charge in [-0.15, -0.1) is 0 Å². The second-order valence-electron chi connectivity index (χ2n) is 6.57. The SMILES string of the molecule is CC(CC(=O)CC(C)C(=O)OCCC(C)(C)C)C(=O)O. The number of carboxylic acid groups (broad SMARTS) is 1. The fourth-order valence-corrected chi connectivity index (χ4v) is 1.54. The zero-order valence-electron chi connectivity index (χ0n) is 13.1. The molecule has 0 heterocycles. The van der Waals surface area contributed by atoms with Crippen LogP contribution in [0.15, 0.2) is 0 Å². The van der Waals surface area contributed by atoms with Crippen molar-refractivity contribution >= 4 is 17.7 Å². The summed E-state index contributed by atoms with van der Waals surface area (Å²) < 4.78 is 5.13. The summed E-state index contributed by atoms with van der Waals surface area (Å²) in [4.78, 5) is 34.0. The van der Waals surface area contributed by atoms with Gasteiger partial charge in [-0.25, -0.2) is 0 Å². The summed E-state index contributed by atoms with van der Waals surface area (Å²) in [6.45, 7) is 9.62. The first-order valence-electron chi connectivity index (χ1n) is 6.94. The van der Waals surface area contributed by atoms with Crippen LogP contribution in [0.5, 0.6) is 0 Å². The molecule has 0 bridgehead atoms. The van der Waals surface area contributed by atoms with Crippen LogP contribution >= 0.6 is 0 Å². The van der Waals surface area contributed by atoms with E-state index < -0.39 is 23.8 Å². The van der Waals surface area contributed by atoms with Crippen LogP contribution in [0.2, 0.25) is 0 Å². The van der Waals surface area contributed by atoms with Gasteiger partial charge in [0.1, 0.15) is 5.78 Å². The summed E-state index contributed by atoms with van der Waals surface area (Å²) in [6.07, 6.45) is 0.746. The number of ketones is 1. The zero-order chi connectivity index (χ0) is 15.9. The van der Waals surface area contributed by atoms with Gasteiger partial charge in [0, 0.05) is 12.8 Å². The van der Waals surface area contributed by atoms with Crippen molar-refractivity contribution in [3.8, 4) is 0 Å². The highest BCUT2D eigenvalue weighted by Crippen LogP contribution is 2.19. The Kier molecular flexibility index (Phi) is 7.46. The summed E-state index contributed by atoms with van der Waals surface area (Å²) in [5.41, 5.74) is 0.0935. The first-order valence-corrected chi connectivity index (χ1v) is 6.94. The van der Waals surface area contributed by atoms with Gasteiger partial charge in [0.25, 0.3) is 0 Å². The van der Waals surface area contributed by atoms with E-state index in [4.69, 9.17) is 9.84 Å². The van der Waals surface area contributed by atoms with Gasteiger partial charge in [-0.2, -0.15) is 0 Å². The molecule has 5 nitrogen and oxygen atoms in total. The first-order chi connectivity index (χ1) is 9.03. The van der Waals surface area contributed by atoms with Crippen LogP contribution in [0.1, 0.15) is 53.9 Å². The van der Waals surface area contributed by atoms with Crippen molar-refractivity contribution in [3.05, 3.63) is 0 Å². The topological polar surface area (TPSA) is 80.7 Å². The monoisotopic (exact) mass is 286 g/mol. The molecule has 0 amide bonds. The number of aliphatic carboxylic acids is 1. The minimum absolute atomic E-state index is 0.0337. The van der Waals surface area contributed by atoms with Gasteiger partial charge in [0.05, 0.1) is 18.4 Å². The average molecular weight is 286 g/mol. The van der Waals surface area contributed by atoms with E-state index in [-0.39, 0.29) is 24.0 Å². The van der Waals surface area contributed by atoms with E-state index in [2.05, 4.69) is 20.8 Å². The molecule has 0 spiro atoms. The highest BCUT2D eigenvalue weighted by molar-refractivity contribution is 5.87. The number of carboxylic acids is 1. The van der Waals surface area contributed by atoms with E-state index >= 15 is 0 Å². The van der Waals surface area contributed by atoms with E-state index in [0.29, 0.717) is 6.61 Å². The maximum Gasteiger partial charge on any atom is 0.309 e. The minimum Gasteiger partial charge on any atom is -0.481 e. The van der Waals surface area contributed by atoms with Crippen molar-refractivity contribution in [1.29, 1.82) is 0 Å². The Morgan fingerprint density at radius 2 is 1.55 bits per heavy atom. The molecule has 20 heavy (non-hydrogen) atoms. The third kappa shape index (κ3) is 8.67. The van der Waals surface area contributed by atoms with Crippen LogP contribution in [-0.4, -0.2) is 29.4 Å². The summed E-state index contributed by atoms with van der Waals surface area (Å²) in [7, 11) is 0. The maximum absolute atomic E-state index is 11.7. The van der Waals surface area contributed by atoms with Gasteiger partial charge in [0.2, 0.25) is 0 Å². The number of esters is 1. The molecule has 0 rings (SSSR count). The summed E-state index contributed by atoms with van der Waals surface area (Å²) >= 11 is 0. The zero-order valence-corrected chi connectivity index (χ0v) is 13.1. The van der Waals surface area contributed by atoms with E-state index in [1.165, 1.54) is 6.92 Å². The number of Topliss-reactive ketones (excluding diaryl/α,β-unsaturated/α-hetero) is 1. The molecule has 0 fully saturated rings. The minimum atomic E-state index is -1.00. The molecule has 1 N–H and O–H groups in total. The molecule has 0 aliphatic rings. The van der Waals surface area contributed by atoms with E-state index in [9.17, 15) is 14.4 Å². The number of carbonyl (C=O) groups excluding carboxylic acids is 2. The highest BCUT2D eigenvalue weighted by atomic mass is 16.5. The quantitative estimate of drug-likeness (QED) is 0.694. The van der Waals surface area contributed by atoms with Crippen LogP contribution in [0.25, 0.3) is 0 Å². The summed E-state index contributed by atoms with van der Waals surface area (Å²) in [6, 6.07) is 0. The largest absolute Gasteiger partial charge is 0.481 e. The molecule has 2 unspecified atom stereocenters. The summed E-state index contributed by atoms with van der Waals surface area (Å²) in [5, 5.41) is 8.72. The predicted octanol–water partition coefficient (Wildman–Crippen LogP) is 2.67. The van der Waals surface area contributed by atoms with E-state index in [0.717, 1.165) is 6.42 Å². The Hall–Kier alpha value is -1.39. The van der Waals surface area contributed by atoms with Gasteiger partial charge in [-0.3, -0.25) is 14.4 Å². The van der Waals surface area contributed by atoms with Crippen molar-refractivity contribution in [2.75, 3.05) is 6.61 Å². The van der Waals surface area contributed by atoms with Gasteiger partial charge < -0.3 is 9.84 Å². The number of carbonyl (C=O) groups is 3. The number of hydrogen-bond acceptors (Lipinski definition) is 4. The lowest BCUT2D eigenvalue weighted by molar-refractivity contribution is -0.150. The molecule has 2 atom stereocenters. The second kappa shape index (κ2) is 8.02. The number of ether oxygens (including phenoxy) is 1. The smallest absolute Gasteiger partial charge is 0.309 e. The lowest BCUT2D eigenvalue weighted by Crippen LogP contribution is -2.22. The third-order valence-corrected chi connectivity index (χ3v) is 2.99. The maximum atomic E-state index is 11.7. The lowest BCUT2D eigenvalue weighted by atomic mass is 9.93. The van der Waals surface area contributed by atoms with Gasteiger partial charge in [0.15, 0.2) is 0 Å². The Morgan fingerprint density at radius 3 is 2.00 bits per heavy atom. The normalized spacial score (nSPS) is 14.4. The van der Waals surface area contributed by atoms with Gasteiger partial charge in [-0.05, 0) is 11.8 Å². The molecule has 0 aromatic rings. The molecule has 0 aromatic carbocycles. The van der Waals surface area contributed by atoms with Crippen molar-refractivity contribution < 1.29 is 24.2 Å². The predicted molar refractivity (Wildman–Crippen MR) is 75.2 cm³/mol. The Morgan fingerprint density at radius 1 is 1.05 bits per heavy atom. The molecule has 0 saturated heterocycles. The van der Waals surface area contributed by atoms with Crippen LogP contribution in [0, 0.1) is 17.3 Å². The van der Waals surface area contributed by atoms with Crippen molar-refractivity contribution in [2.45, 2.75) is 53.9 Å². The molecule has 5 heteroatoms. The molecule has 0 aliphatic carbocycles. The molecule has 0 aromatic heterocycles. The average Bonchev–Trinajstić information content (AvgIpc) is 2.26. The standard InChI is InChI=1S/C15H26O5/c1-10(13(17)18)8-12(16)9-11(2)14(19)20-7-6-15(3,4)5/h10-11H,6-9H2,1-5H3,(H,17,18). The second-order valence-corrected chi connectivity index (χ2v) is 6.57. The van der Waals surface area contributed by atoms with Crippen LogP contribution in [0.3, 0.4) is 0 Å². The van der Waals surface area contributed by atoms with Crippen molar-refractivity contribution in [2.24, 2.45) is 17.3 Å². The van der Waals surface area contributed by atoms with Crippen LogP contribution in [-0.2, 0) is 19.1 Å². The Labute approximate surface area is 120 Å². The fourth-order valence-electron chi connectivity index (χ4n) is 1.54. The lowest BCUT2D eigenvalue weighted by Gasteiger charge is -2.18. The molecule has 0 saturated carbocycles. The molecular weight excluding hydrogens is 260 g/mol. The Balaban J connectivity index is 4.07. The molecule has 116 valence electrons. The number of hydrogen-bond donors (Lipinski definition) is 1. The highest BCUT2D eigenvalue weighted by Gasteiger charge is 2.22. The van der Waals surface area contributed by atoms with Crippen molar-refractivity contribution in [3.63, 3.8) is 0 Å². The molecule has 0 radical (unpaired) electrons. The van der Waals surface area contributed by atoms with Crippen molar-refractivity contribution in [1.82, 2.24) is 0 Å². The molecule has 0 aliphatic heterocycles. The van der Waals surface area contributed by atoms with Crippen LogP contribution in [0.4, 0.5) is 0 Å². The van der Waals surface area contributed by atoms with Gasteiger partial charge >= 0.3 is 11.9 Å². The Bertz CT molecular complexity index is 354. The van der Waals surface area contributed by atoms with Crippen LogP contribution < -0.4 is 0 Å².